The van der Waals surface area contributed by atoms with Crippen LogP contribution in [0.3, 0.4) is 0 Å². The van der Waals surface area contributed by atoms with E-state index in [0.717, 1.165) is 23.3 Å². The molecule has 7 nitrogen and oxygen atoms in total. The van der Waals surface area contributed by atoms with Crippen molar-refractivity contribution in [2.45, 2.75) is 13.0 Å². The minimum atomic E-state index is -0.413. The number of guanidine groups is 1. The number of nitro groups is 1. The van der Waals surface area contributed by atoms with E-state index < -0.39 is 4.92 Å². The molecule has 2 aromatic carbocycles. The normalized spacial score (nSPS) is 10.9. The predicted octanol–water partition coefficient (Wildman–Crippen LogP) is 3.07. The van der Waals surface area contributed by atoms with Crippen molar-refractivity contribution in [3.05, 3.63) is 82.4 Å². The van der Waals surface area contributed by atoms with Gasteiger partial charge < -0.3 is 15.4 Å². The number of nitro benzene ring substituents is 1. The highest BCUT2D eigenvalue weighted by atomic mass is 16.6. The Hall–Kier alpha value is -3.35. The summed E-state index contributed by atoms with van der Waals surface area (Å²) in [6.45, 7) is 5.39. The summed E-state index contributed by atoms with van der Waals surface area (Å²) in [5, 5.41) is 17.2. The van der Waals surface area contributed by atoms with Crippen LogP contribution in [0.25, 0.3) is 0 Å². The van der Waals surface area contributed by atoms with Crippen LogP contribution in [0, 0.1) is 10.1 Å². The molecule has 0 fully saturated rings. The first-order valence-corrected chi connectivity index (χ1v) is 8.62. The van der Waals surface area contributed by atoms with Crippen LogP contribution >= 0.6 is 0 Å². The van der Waals surface area contributed by atoms with Crippen LogP contribution in [-0.4, -0.2) is 31.1 Å². The largest absolute Gasteiger partial charge is 0.496 e. The fourth-order valence-corrected chi connectivity index (χ4v) is 2.46. The standard InChI is InChI=1S/C20H24N4O3/c1-3-13-21-20(22-14-12-17-6-4-5-7-19(17)27-2)23-15-16-8-10-18(11-9-16)24(25)26/h3-11H,1,12-15H2,2H3,(H2,21,22,23). The fraction of sp³-hybridized carbons (Fsp3) is 0.250. The van der Waals surface area contributed by atoms with Crippen molar-refractivity contribution in [2.75, 3.05) is 20.2 Å². The first-order chi connectivity index (χ1) is 13.1. The number of nitrogens with zero attached hydrogens (tertiary/aromatic N) is 2. The van der Waals surface area contributed by atoms with Crippen LogP contribution in [0.4, 0.5) is 5.69 Å². The number of methoxy groups -OCH3 is 1. The zero-order valence-corrected chi connectivity index (χ0v) is 15.4. The van der Waals surface area contributed by atoms with Crippen LogP contribution < -0.4 is 15.4 Å². The Balaban J connectivity index is 1.95. The summed E-state index contributed by atoms with van der Waals surface area (Å²) in [6, 6.07) is 14.3. The van der Waals surface area contributed by atoms with Gasteiger partial charge in [0.2, 0.25) is 0 Å². The molecule has 2 N–H and O–H groups in total. The first-order valence-electron chi connectivity index (χ1n) is 8.62. The van der Waals surface area contributed by atoms with E-state index in [4.69, 9.17) is 4.74 Å². The summed E-state index contributed by atoms with van der Waals surface area (Å²) in [4.78, 5) is 14.8. The Morgan fingerprint density at radius 3 is 2.63 bits per heavy atom. The van der Waals surface area contributed by atoms with Crippen LogP contribution in [0.15, 0.2) is 66.2 Å². The number of hydrogen-bond donors (Lipinski definition) is 2. The van der Waals surface area contributed by atoms with Gasteiger partial charge in [0, 0.05) is 25.2 Å². The lowest BCUT2D eigenvalue weighted by Gasteiger charge is -2.13. The van der Waals surface area contributed by atoms with Gasteiger partial charge in [0.25, 0.3) is 5.69 Å². The molecule has 0 radical (unpaired) electrons. The molecular formula is C20H24N4O3. The van der Waals surface area contributed by atoms with E-state index in [2.05, 4.69) is 22.2 Å². The van der Waals surface area contributed by atoms with Gasteiger partial charge in [0.05, 0.1) is 18.6 Å². The highest BCUT2D eigenvalue weighted by molar-refractivity contribution is 5.79. The molecule has 0 aliphatic carbocycles. The summed E-state index contributed by atoms with van der Waals surface area (Å²) in [5.41, 5.74) is 2.08. The summed E-state index contributed by atoms with van der Waals surface area (Å²) in [6.07, 6.45) is 2.54. The second-order valence-electron chi connectivity index (χ2n) is 5.75. The van der Waals surface area contributed by atoms with Crippen molar-refractivity contribution in [3.8, 4) is 5.75 Å². The number of rotatable bonds is 9. The molecule has 7 heteroatoms. The lowest BCUT2D eigenvalue weighted by atomic mass is 10.1. The molecule has 0 aromatic heterocycles. The molecule has 0 heterocycles. The third-order valence-electron chi connectivity index (χ3n) is 3.86. The molecule has 0 aliphatic heterocycles. The summed E-state index contributed by atoms with van der Waals surface area (Å²) < 4.78 is 5.36. The van der Waals surface area contributed by atoms with Crippen molar-refractivity contribution < 1.29 is 9.66 Å². The van der Waals surface area contributed by atoms with E-state index >= 15 is 0 Å². The zero-order valence-electron chi connectivity index (χ0n) is 15.4. The third kappa shape index (κ3) is 6.47. The monoisotopic (exact) mass is 368 g/mol. The van der Waals surface area contributed by atoms with E-state index in [1.165, 1.54) is 12.1 Å². The summed E-state index contributed by atoms with van der Waals surface area (Å²) in [7, 11) is 1.66. The molecule has 2 rings (SSSR count). The van der Waals surface area contributed by atoms with Crippen molar-refractivity contribution in [1.82, 2.24) is 10.6 Å². The number of aliphatic imine (C=N–C) groups is 1. The molecule has 2 aromatic rings. The molecule has 142 valence electrons. The fourth-order valence-electron chi connectivity index (χ4n) is 2.46. The van der Waals surface area contributed by atoms with E-state index in [1.807, 2.05) is 24.3 Å². The van der Waals surface area contributed by atoms with Gasteiger partial charge in [0.1, 0.15) is 5.75 Å². The van der Waals surface area contributed by atoms with Gasteiger partial charge in [-0.25, -0.2) is 4.99 Å². The molecule has 0 aliphatic rings. The van der Waals surface area contributed by atoms with Gasteiger partial charge in [-0.3, -0.25) is 10.1 Å². The highest BCUT2D eigenvalue weighted by Gasteiger charge is 2.05. The smallest absolute Gasteiger partial charge is 0.269 e. The maximum absolute atomic E-state index is 10.7. The van der Waals surface area contributed by atoms with Crippen LogP contribution in [0.5, 0.6) is 5.75 Å². The van der Waals surface area contributed by atoms with E-state index in [9.17, 15) is 10.1 Å². The summed E-state index contributed by atoms with van der Waals surface area (Å²) in [5.74, 6) is 1.52. The van der Waals surface area contributed by atoms with Gasteiger partial charge in [-0.15, -0.1) is 6.58 Å². The topological polar surface area (TPSA) is 88.8 Å². The van der Waals surface area contributed by atoms with Crippen molar-refractivity contribution in [1.29, 1.82) is 0 Å². The summed E-state index contributed by atoms with van der Waals surface area (Å²) >= 11 is 0. The van der Waals surface area contributed by atoms with Crippen LogP contribution in [-0.2, 0) is 13.0 Å². The van der Waals surface area contributed by atoms with Gasteiger partial charge >= 0.3 is 0 Å². The lowest BCUT2D eigenvalue weighted by Crippen LogP contribution is -2.38. The minimum Gasteiger partial charge on any atom is -0.496 e. The first kappa shape index (κ1) is 20.0. The Morgan fingerprint density at radius 2 is 1.96 bits per heavy atom. The van der Waals surface area contributed by atoms with Crippen molar-refractivity contribution >= 4 is 11.6 Å². The van der Waals surface area contributed by atoms with Gasteiger partial charge in [0.15, 0.2) is 5.96 Å². The van der Waals surface area contributed by atoms with Crippen molar-refractivity contribution in [3.63, 3.8) is 0 Å². The SMILES string of the molecule is C=CCNC(=NCc1ccc([N+](=O)[O-])cc1)NCCc1ccccc1OC. The molecule has 27 heavy (non-hydrogen) atoms. The minimum absolute atomic E-state index is 0.0719. The third-order valence-corrected chi connectivity index (χ3v) is 3.86. The average Bonchev–Trinajstić information content (AvgIpc) is 2.70. The number of nitrogens with one attached hydrogen (secondary N) is 2. The number of benzene rings is 2. The van der Waals surface area contributed by atoms with E-state index in [1.54, 1.807) is 25.3 Å². The number of ether oxygens (including phenoxy) is 1. The molecule has 0 bridgehead atoms. The molecular weight excluding hydrogens is 344 g/mol. The Bertz CT molecular complexity index is 788. The Morgan fingerprint density at radius 1 is 1.22 bits per heavy atom. The lowest BCUT2D eigenvalue weighted by molar-refractivity contribution is -0.384. The molecule has 0 atom stereocenters. The molecule has 0 unspecified atom stereocenters. The van der Waals surface area contributed by atoms with Crippen LogP contribution in [0.2, 0.25) is 0 Å². The number of para-hydroxylation sites is 1. The highest BCUT2D eigenvalue weighted by Crippen LogP contribution is 2.17. The zero-order chi connectivity index (χ0) is 19.5. The second-order valence-corrected chi connectivity index (χ2v) is 5.75. The maximum Gasteiger partial charge on any atom is 0.269 e. The van der Waals surface area contributed by atoms with E-state index in [0.29, 0.717) is 25.6 Å². The molecule has 0 amide bonds. The van der Waals surface area contributed by atoms with Gasteiger partial charge in [-0.1, -0.05) is 36.4 Å². The maximum atomic E-state index is 10.7. The van der Waals surface area contributed by atoms with Gasteiger partial charge in [-0.2, -0.15) is 0 Å². The van der Waals surface area contributed by atoms with Crippen molar-refractivity contribution in [2.24, 2.45) is 4.99 Å². The number of hydrogen-bond acceptors (Lipinski definition) is 4. The quantitative estimate of drug-likeness (QED) is 0.233. The number of non-ortho nitro benzene ring substituents is 1. The Labute approximate surface area is 158 Å². The molecule has 0 spiro atoms. The average molecular weight is 368 g/mol. The van der Waals surface area contributed by atoms with Crippen LogP contribution in [0.1, 0.15) is 11.1 Å². The molecule has 0 saturated heterocycles. The molecule has 0 saturated carbocycles. The van der Waals surface area contributed by atoms with Gasteiger partial charge in [-0.05, 0) is 23.6 Å². The van der Waals surface area contributed by atoms with E-state index in [-0.39, 0.29) is 5.69 Å². The second kappa shape index (κ2) is 10.6. The predicted molar refractivity (Wildman–Crippen MR) is 107 cm³/mol. The Kier molecular flexibility index (Phi) is 7.84.